The van der Waals surface area contributed by atoms with Gasteiger partial charge >= 0.3 is 5.97 Å². The van der Waals surface area contributed by atoms with E-state index < -0.39 is 0 Å². The number of benzene rings is 1. The average Bonchev–Trinajstić information content (AvgIpc) is 3.05. The van der Waals surface area contributed by atoms with Gasteiger partial charge in [0, 0.05) is 18.3 Å². The predicted octanol–water partition coefficient (Wildman–Crippen LogP) is 5.82. The molecule has 4 aliphatic carbocycles. The highest BCUT2D eigenvalue weighted by Gasteiger charge is 2.61. The van der Waals surface area contributed by atoms with Gasteiger partial charge in [-0.2, -0.15) is 0 Å². The molecule has 3 nitrogen and oxygen atoms in total. The van der Waals surface area contributed by atoms with E-state index in [-0.39, 0.29) is 17.5 Å². The number of ether oxygens (including phenoxy) is 1. The number of carbonyl (C=O) groups is 2. The third-order valence-corrected chi connectivity index (χ3v) is 9.65. The Balaban J connectivity index is 1.34. The van der Waals surface area contributed by atoms with Gasteiger partial charge in [-0.05, 0) is 86.2 Å². The van der Waals surface area contributed by atoms with Crippen molar-refractivity contribution in [1.29, 1.82) is 0 Å². The number of esters is 1. The molecule has 3 heteroatoms. The lowest BCUT2D eigenvalue weighted by molar-refractivity contribution is -0.142. The Hall–Kier alpha value is -1.64. The predicted molar refractivity (Wildman–Crippen MR) is 112 cm³/mol. The van der Waals surface area contributed by atoms with Crippen molar-refractivity contribution in [3.63, 3.8) is 0 Å². The SMILES string of the molecule is C[C@@]12CC[C@H]3[C@@H](CC[C@H]4CC(=O)CC[C@]43C)[C@H]1CC[C@@H]2OC(=O)c1ccccc1. The Morgan fingerprint density at radius 3 is 2.48 bits per heavy atom. The molecule has 0 spiro atoms. The lowest BCUT2D eigenvalue weighted by Crippen LogP contribution is -2.54. The fraction of sp³-hybridized carbons (Fsp3) is 0.692. The number of hydrogen-bond donors (Lipinski definition) is 0. The fourth-order valence-electron chi connectivity index (χ4n) is 7.96. The maximum Gasteiger partial charge on any atom is 0.338 e. The molecular weight excluding hydrogens is 360 g/mol. The van der Waals surface area contributed by atoms with Crippen LogP contribution in [0.25, 0.3) is 0 Å². The summed E-state index contributed by atoms with van der Waals surface area (Å²) in [5.74, 6) is 3.06. The van der Waals surface area contributed by atoms with Crippen LogP contribution in [0.1, 0.15) is 82.0 Å². The number of rotatable bonds is 2. The van der Waals surface area contributed by atoms with E-state index in [0.29, 0.717) is 28.6 Å². The van der Waals surface area contributed by atoms with Gasteiger partial charge in [0.2, 0.25) is 0 Å². The second kappa shape index (κ2) is 6.96. The summed E-state index contributed by atoms with van der Waals surface area (Å²) in [7, 11) is 0. The highest BCUT2D eigenvalue weighted by atomic mass is 16.5. The number of hydrogen-bond acceptors (Lipinski definition) is 3. The van der Waals surface area contributed by atoms with Gasteiger partial charge in [-0.15, -0.1) is 0 Å². The van der Waals surface area contributed by atoms with E-state index >= 15 is 0 Å². The molecule has 0 amide bonds. The number of carbonyl (C=O) groups excluding carboxylic acids is 2. The van der Waals surface area contributed by atoms with Crippen molar-refractivity contribution in [3.05, 3.63) is 35.9 Å². The van der Waals surface area contributed by atoms with Crippen LogP contribution in [-0.4, -0.2) is 17.9 Å². The van der Waals surface area contributed by atoms with Crippen molar-refractivity contribution in [2.24, 2.45) is 34.5 Å². The monoisotopic (exact) mass is 394 g/mol. The number of Topliss-reactive ketones (excluding diaryl/α,β-unsaturated/α-hetero) is 1. The Morgan fingerprint density at radius 2 is 1.69 bits per heavy atom. The summed E-state index contributed by atoms with van der Waals surface area (Å²) in [5, 5.41) is 0. The second-order valence-corrected chi connectivity index (χ2v) is 10.8. The maximum atomic E-state index is 12.7. The van der Waals surface area contributed by atoms with Gasteiger partial charge < -0.3 is 4.74 Å². The molecule has 0 unspecified atom stereocenters. The summed E-state index contributed by atoms with van der Waals surface area (Å²) >= 11 is 0. The Labute approximate surface area is 174 Å². The largest absolute Gasteiger partial charge is 0.458 e. The summed E-state index contributed by atoms with van der Waals surface area (Å²) in [6, 6.07) is 9.42. The third-order valence-electron chi connectivity index (χ3n) is 9.65. The summed E-state index contributed by atoms with van der Waals surface area (Å²) in [6.45, 7) is 4.88. The van der Waals surface area contributed by atoms with Gasteiger partial charge in [0.15, 0.2) is 0 Å². The third kappa shape index (κ3) is 2.99. The maximum absolute atomic E-state index is 12.7. The standard InChI is InChI=1S/C26H34O3/c1-25-14-12-19(27)16-18(25)8-9-20-21-10-11-23(26(21,2)15-13-22(20)25)29-24(28)17-6-4-3-5-7-17/h3-7,18,20-23H,8-16H2,1-2H3/t18-,20-,21+,22-,23-,25+,26+/m0/s1. The first-order valence-electron chi connectivity index (χ1n) is 11.7. The Bertz CT molecular complexity index is 801. The van der Waals surface area contributed by atoms with Crippen LogP contribution in [0.2, 0.25) is 0 Å². The molecule has 156 valence electrons. The minimum atomic E-state index is -0.166. The molecule has 0 saturated heterocycles. The highest BCUT2D eigenvalue weighted by Crippen LogP contribution is 2.66. The van der Waals surface area contributed by atoms with Gasteiger partial charge in [-0.1, -0.05) is 32.0 Å². The first-order valence-corrected chi connectivity index (χ1v) is 11.7. The smallest absolute Gasteiger partial charge is 0.338 e. The minimum absolute atomic E-state index is 0.0413. The van der Waals surface area contributed by atoms with Gasteiger partial charge in [0.05, 0.1) is 5.56 Å². The molecular formula is C26H34O3. The molecule has 4 saturated carbocycles. The van der Waals surface area contributed by atoms with E-state index in [1.807, 2.05) is 30.3 Å². The van der Waals surface area contributed by atoms with E-state index in [1.165, 1.54) is 25.7 Å². The van der Waals surface area contributed by atoms with Crippen LogP contribution in [-0.2, 0) is 9.53 Å². The summed E-state index contributed by atoms with van der Waals surface area (Å²) in [4.78, 5) is 24.8. The van der Waals surface area contributed by atoms with Gasteiger partial charge in [-0.3, -0.25) is 4.79 Å². The molecule has 0 aliphatic heterocycles. The molecule has 0 bridgehead atoms. The fourth-order valence-corrected chi connectivity index (χ4v) is 7.96. The minimum Gasteiger partial charge on any atom is -0.458 e. The van der Waals surface area contributed by atoms with Crippen LogP contribution in [0.3, 0.4) is 0 Å². The van der Waals surface area contributed by atoms with E-state index in [1.54, 1.807) is 0 Å². The molecule has 4 fully saturated rings. The zero-order valence-electron chi connectivity index (χ0n) is 17.9. The lowest BCUT2D eigenvalue weighted by Gasteiger charge is -2.60. The Morgan fingerprint density at radius 1 is 0.931 bits per heavy atom. The van der Waals surface area contributed by atoms with E-state index in [9.17, 15) is 9.59 Å². The first-order chi connectivity index (χ1) is 13.9. The van der Waals surface area contributed by atoms with Crippen molar-refractivity contribution in [2.75, 3.05) is 0 Å². The van der Waals surface area contributed by atoms with Crippen LogP contribution >= 0.6 is 0 Å². The van der Waals surface area contributed by atoms with Gasteiger partial charge in [0.25, 0.3) is 0 Å². The van der Waals surface area contributed by atoms with Crippen molar-refractivity contribution < 1.29 is 14.3 Å². The molecule has 0 heterocycles. The van der Waals surface area contributed by atoms with E-state index in [2.05, 4.69) is 13.8 Å². The average molecular weight is 395 g/mol. The van der Waals surface area contributed by atoms with Crippen LogP contribution < -0.4 is 0 Å². The molecule has 0 N–H and O–H groups in total. The zero-order valence-corrected chi connectivity index (χ0v) is 17.9. The topological polar surface area (TPSA) is 43.4 Å². The normalized spacial score (nSPS) is 43.8. The highest BCUT2D eigenvalue weighted by molar-refractivity contribution is 5.89. The summed E-state index contributed by atoms with van der Waals surface area (Å²) in [6.07, 6.45) is 9.79. The molecule has 1 aromatic carbocycles. The van der Waals surface area contributed by atoms with Crippen molar-refractivity contribution in [1.82, 2.24) is 0 Å². The lowest BCUT2D eigenvalue weighted by atomic mass is 9.45. The molecule has 0 radical (unpaired) electrons. The summed E-state index contributed by atoms with van der Waals surface area (Å²) < 4.78 is 6.11. The van der Waals surface area contributed by atoms with E-state index in [0.717, 1.165) is 43.9 Å². The van der Waals surface area contributed by atoms with E-state index in [4.69, 9.17) is 4.74 Å². The molecule has 1 aromatic rings. The molecule has 7 atom stereocenters. The van der Waals surface area contributed by atoms with Crippen LogP contribution in [0.5, 0.6) is 0 Å². The van der Waals surface area contributed by atoms with Gasteiger partial charge in [0.1, 0.15) is 11.9 Å². The first kappa shape index (κ1) is 19.3. The number of fused-ring (bicyclic) bond motifs is 5. The Kier molecular flexibility index (Phi) is 4.64. The van der Waals surface area contributed by atoms with Crippen LogP contribution in [0.4, 0.5) is 0 Å². The second-order valence-electron chi connectivity index (χ2n) is 10.8. The van der Waals surface area contributed by atoms with Crippen LogP contribution in [0.15, 0.2) is 30.3 Å². The number of ketones is 1. The van der Waals surface area contributed by atoms with Gasteiger partial charge in [-0.25, -0.2) is 4.79 Å². The molecule has 4 aliphatic rings. The molecule has 0 aromatic heterocycles. The molecule has 5 rings (SSSR count). The van der Waals surface area contributed by atoms with Crippen LogP contribution in [0, 0.1) is 34.5 Å². The van der Waals surface area contributed by atoms with Crippen molar-refractivity contribution in [2.45, 2.75) is 77.7 Å². The summed E-state index contributed by atoms with van der Waals surface area (Å²) in [5.41, 5.74) is 1.11. The molecule has 29 heavy (non-hydrogen) atoms. The van der Waals surface area contributed by atoms with Crippen molar-refractivity contribution >= 4 is 11.8 Å². The zero-order chi connectivity index (χ0) is 20.2. The quantitative estimate of drug-likeness (QED) is 0.593. The van der Waals surface area contributed by atoms with Crippen molar-refractivity contribution in [3.8, 4) is 0 Å².